The molecule has 1 rings (SSSR count). The van der Waals surface area contributed by atoms with Gasteiger partial charge >= 0.3 is 0 Å². The van der Waals surface area contributed by atoms with Crippen molar-refractivity contribution in [2.45, 2.75) is 19.9 Å². The topological polar surface area (TPSA) is 50.8 Å². The fraction of sp³-hybridized carbons (Fsp3) is 0.385. The lowest BCUT2D eigenvalue weighted by Gasteiger charge is -2.18. The highest BCUT2D eigenvalue weighted by Crippen LogP contribution is 2.07. The van der Waals surface area contributed by atoms with Crippen molar-refractivity contribution in [2.75, 3.05) is 13.1 Å². The van der Waals surface area contributed by atoms with Gasteiger partial charge in [-0.15, -0.1) is 0 Å². The van der Waals surface area contributed by atoms with Crippen LogP contribution in [0.25, 0.3) is 0 Å². The van der Waals surface area contributed by atoms with Gasteiger partial charge in [0, 0.05) is 6.54 Å². The Hall–Kier alpha value is -1.84. The summed E-state index contributed by atoms with van der Waals surface area (Å²) in [5, 5.41) is 17.5. The fourth-order valence-corrected chi connectivity index (χ4v) is 1.63. The van der Waals surface area contributed by atoms with Crippen LogP contribution in [0.15, 0.2) is 24.3 Å². The molecule has 82 valence electrons. The maximum Gasteiger partial charge on any atom is 0.0991 e. The Morgan fingerprint density at radius 2 is 2.12 bits per heavy atom. The summed E-state index contributed by atoms with van der Waals surface area (Å²) in [5.74, 6) is 0. The van der Waals surface area contributed by atoms with Gasteiger partial charge in [-0.25, -0.2) is 0 Å². The van der Waals surface area contributed by atoms with E-state index in [1.165, 1.54) is 0 Å². The van der Waals surface area contributed by atoms with Crippen molar-refractivity contribution < 1.29 is 0 Å². The molecule has 0 N–H and O–H groups in total. The number of hydrogen-bond acceptors (Lipinski definition) is 3. The molecule has 3 nitrogen and oxygen atoms in total. The van der Waals surface area contributed by atoms with Gasteiger partial charge in [0.1, 0.15) is 0 Å². The van der Waals surface area contributed by atoms with Gasteiger partial charge in [0.2, 0.25) is 0 Å². The second-order valence-corrected chi connectivity index (χ2v) is 3.68. The van der Waals surface area contributed by atoms with Crippen LogP contribution in [-0.2, 0) is 6.54 Å². The van der Waals surface area contributed by atoms with Gasteiger partial charge < -0.3 is 0 Å². The van der Waals surface area contributed by atoms with Crippen molar-refractivity contribution in [3.8, 4) is 12.1 Å². The third-order valence-corrected chi connectivity index (χ3v) is 2.30. The average molecular weight is 213 g/mol. The van der Waals surface area contributed by atoms with Crippen LogP contribution in [-0.4, -0.2) is 18.0 Å². The minimum atomic E-state index is 0.435. The Bertz CT molecular complexity index is 412. The quantitative estimate of drug-likeness (QED) is 0.705. The molecule has 0 spiro atoms. The molecule has 0 bridgehead atoms. The predicted molar refractivity (Wildman–Crippen MR) is 62.3 cm³/mol. The van der Waals surface area contributed by atoms with Crippen molar-refractivity contribution in [3.63, 3.8) is 0 Å². The van der Waals surface area contributed by atoms with Gasteiger partial charge in [0.05, 0.1) is 24.2 Å². The number of hydrogen-bond donors (Lipinski definition) is 0. The van der Waals surface area contributed by atoms with Gasteiger partial charge in [-0.3, -0.25) is 4.90 Å². The highest BCUT2D eigenvalue weighted by molar-refractivity contribution is 5.32. The van der Waals surface area contributed by atoms with E-state index in [1.807, 2.05) is 18.2 Å². The van der Waals surface area contributed by atoms with Gasteiger partial charge in [-0.1, -0.05) is 19.1 Å². The molecule has 0 saturated carbocycles. The largest absolute Gasteiger partial charge is 0.286 e. The summed E-state index contributed by atoms with van der Waals surface area (Å²) in [7, 11) is 0. The number of benzene rings is 1. The smallest absolute Gasteiger partial charge is 0.0991 e. The third kappa shape index (κ3) is 3.73. The molecule has 3 heteroatoms. The summed E-state index contributed by atoms with van der Waals surface area (Å²) < 4.78 is 0. The standard InChI is InChI=1S/C13H15N3/c1-2-7-16(8-6-14)11-13-5-3-4-12(9-13)10-15/h3-5,9H,2,7-8,11H2,1H3. The summed E-state index contributed by atoms with van der Waals surface area (Å²) >= 11 is 0. The number of nitrogens with zero attached hydrogens (tertiary/aromatic N) is 3. The lowest BCUT2D eigenvalue weighted by Crippen LogP contribution is -2.24. The van der Waals surface area contributed by atoms with E-state index in [0.29, 0.717) is 12.1 Å². The maximum atomic E-state index is 8.79. The van der Waals surface area contributed by atoms with Gasteiger partial charge in [-0.2, -0.15) is 10.5 Å². The minimum absolute atomic E-state index is 0.435. The second kappa shape index (κ2) is 6.61. The van der Waals surface area contributed by atoms with Crippen molar-refractivity contribution in [2.24, 2.45) is 0 Å². The third-order valence-electron chi connectivity index (χ3n) is 2.30. The Kier molecular flexibility index (Phi) is 5.05. The molecule has 0 heterocycles. The maximum absolute atomic E-state index is 8.79. The van der Waals surface area contributed by atoms with Crippen molar-refractivity contribution in [3.05, 3.63) is 35.4 Å². The Labute approximate surface area is 96.5 Å². The van der Waals surface area contributed by atoms with Crippen LogP contribution in [0.3, 0.4) is 0 Å². The second-order valence-electron chi connectivity index (χ2n) is 3.68. The molecule has 0 aliphatic heterocycles. The van der Waals surface area contributed by atoms with E-state index >= 15 is 0 Å². The first-order valence-corrected chi connectivity index (χ1v) is 5.38. The van der Waals surface area contributed by atoms with E-state index in [2.05, 4.69) is 24.0 Å². The summed E-state index contributed by atoms with van der Waals surface area (Å²) in [6.45, 7) is 4.17. The van der Waals surface area contributed by atoms with Gasteiger partial charge in [-0.05, 0) is 30.7 Å². The van der Waals surface area contributed by atoms with E-state index < -0.39 is 0 Å². The Balaban J connectivity index is 2.70. The van der Waals surface area contributed by atoms with Crippen molar-refractivity contribution >= 4 is 0 Å². The van der Waals surface area contributed by atoms with Crippen LogP contribution in [0.2, 0.25) is 0 Å². The molecule has 0 amide bonds. The first-order valence-electron chi connectivity index (χ1n) is 5.38. The van der Waals surface area contributed by atoms with Crippen molar-refractivity contribution in [1.29, 1.82) is 10.5 Å². The molecule has 0 aliphatic rings. The zero-order chi connectivity index (χ0) is 11.8. The van der Waals surface area contributed by atoms with E-state index in [9.17, 15) is 0 Å². The zero-order valence-corrected chi connectivity index (χ0v) is 9.48. The van der Waals surface area contributed by atoms with Crippen LogP contribution in [0.5, 0.6) is 0 Å². The van der Waals surface area contributed by atoms with Crippen molar-refractivity contribution in [1.82, 2.24) is 4.90 Å². The van der Waals surface area contributed by atoms with Crippen LogP contribution < -0.4 is 0 Å². The molecule has 0 aliphatic carbocycles. The molecule has 1 aromatic rings. The lowest BCUT2D eigenvalue weighted by molar-refractivity contribution is 0.298. The van der Waals surface area contributed by atoms with E-state index in [-0.39, 0.29) is 0 Å². The van der Waals surface area contributed by atoms with Gasteiger partial charge in [0.25, 0.3) is 0 Å². The zero-order valence-electron chi connectivity index (χ0n) is 9.48. The summed E-state index contributed by atoms with van der Waals surface area (Å²) in [6, 6.07) is 11.8. The molecule has 0 unspecified atom stereocenters. The first-order chi connectivity index (χ1) is 7.80. The highest BCUT2D eigenvalue weighted by atomic mass is 15.1. The lowest BCUT2D eigenvalue weighted by atomic mass is 10.1. The van der Waals surface area contributed by atoms with Crippen LogP contribution in [0.1, 0.15) is 24.5 Å². The average Bonchev–Trinajstić information content (AvgIpc) is 2.30. The van der Waals surface area contributed by atoms with Crippen LogP contribution in [0, 0.1) is 22.7 Å². The minimum Gasteiger partial charge on any atom is -0.286 e. The normalized spacial score (nSPS) is 9.75. The van der Waals surface area contributed by atoms with E-state index in [4.69, 9.17) is 10.5 Å². The van der Waals surface area contributed by atoms with E-state index in [1.54, 1.807) is 6.07 Å². The molecule has 0 aromatic heterocycles. The number of rotatable bonds is 5. The Morgan fingerprint density at radius 3 is 2.75 bits per heavy atom. The summed E-state index contributed by atoms with van der Waals surface area (Å²) in [6.07, 6.45) is 1.03. The Morgan fingerprint density at radius 1 is 1.31 bits per heavy atom. The molecular formula is C13H15N3. The molecule has 0 atom stereocenters. The highest BCUT2D eigenvalue weighted by Gasteiger charge is 2.04. The number of nitriles is 2. The molecule has 0 radical (unpaired) electrons. The molecule has 0 saturated heterocycles. The molecular weight excluding hydrogens is 198 g/mol. The van der Waals surface area contributed by atoms with E-state index in [0.717, 1.165) is 25.1 Å². The molecule has 1 aromatic carbocycles. The van der Waals surface area contributed by atoms with Gasteiger partial charge in [0.15, 0.2) is 0 Å². The first kappa shape index (κ1) is 12.2. The fourth-order valence-electron chi connectivity index (χ4n) is 1.63. The summed E-state index contributed by atoms with van der Waals surface area (Å²) in [5.41, 5.74) is 1.76. The summed E-state index contributed by atoms with van der Waals surface area (Å²) in [4.78, 5) is 2.08. The SMILES string of the molecule is CCCN(CC#N)Cc1cccc(C#N)c1. The van der Waals surface area contributed by atoms with Crippen LogP contribution >= 0.6 is 0 Å². The van der Waals surface area contributed by atoms with Crippen LogP contribution in [0.4, 0.5) is 0 Å². The predicted octanol–water partition coefficient (Wildman–Crippen LogP) is 2.29. The molecule has 0 fully saturated rings. The molecule has 16 heavy (non-hydrogen) atoms. The monoisotopic (exact) mass is 213 g/mol.